The predicted octanol–water partition coefficient (Wildman–Crippen LogP) is 1.44. The van der Waals surface area contributed by atoms with E-state index in [1.165, 1.54) is 18.2 Å². The second-order valence-electron chi connectivity index (χ2n) is 2.63. The van der Waals surface area contributed by atoms with Gasteiger partial charge in [0.05, 0.1) is 11.6 Å². The van der Waals surface area contributed by atoms with Gasteiger partial charge in [-0.1, -0.05) is 15.9 Å². The number of halogens is 1. The topological polar surface area (TPSA) is 81.3 Å². The molecule has 0 aliphatic carbocycles. The van der Waals surface area contributed by atoms with Gasteiger partial charge in [-0.05, 0) is 23.8 Å². The first-order valence-corrected chi connectivity index (χ1v) is 4.45. The zero-order valence-corrected chi connectivity index (χ0v) is 8.52. The van der Waals surface area contributed by atoms with Gasteiger partial charge in [-0.25, -0.2) is 4.79 Å². The normalized spacial score (nSPS) is 11.8. The molecule has 0 bridgehead atoms. The van der Waals surface area contributed by atoms with E-state index in [4.69, 9.17) is 10.4 Å². The van der Waals surface area contributed by atoms with Crippen LogP contribution in [-0.2, 0) is 4.79 Å². The Labute approximate surface area is 88.5 Å². The van der Waals surface area contributed by atoms with E-state index in [0.717, 1.165) is 0 Å². The molecule has 72 valence electrons. The lowest BCUT2D eigenvalue weighted by Gasteiger charge is -2.06. The van der Waals surface area contributed by atoms with Crippen molar-refractivity contribution >= 4 is 21.9 Å². The zero-order chi connectivity index (χ0) is 10.7. The van der Waals surface area contributed by atoms with Gasteiger partial charge in [0.2, 0.25) is 0 Å². The van der Waals surface area contributed by atoms with Crippen molar-refractivity contribution in [1.82, 2.24) is 0 Å². The summed E-state index contributed by atoms with van der Waals surface area (Å²) in [5.41, 5.74) is 0.484. The third-order valence-electron chi connectivity index (χ3n) is 1.60. The zero-order valence-electron chi connectivity index (χ0n) is 6.94. The number of hydrogen-bond donors (Lipinski definition) is 2. The minimum absolute atomic E-state index is 0.184. The lowest BCUT2D eigenvalue weighted by Crippen LogP contribution is -2.10. The molecule has 14 heavy (non-hydrogen) atoms. The molecule has 0 saturated heterocycles. The third-order valence-corrected chi connectivity index (χ3v) is 2.06. The van der Waals surface area contributed by atoms with E-state index in [2.05, 4.69) is 15.9 Å². The van der Waals surface area contributed by atoms with Crippen molar-refractivity contribution in [1.29, 1.82) is 5.26 Å². The molecule has 1 aromatic carbocycles. The Morgan fingerprint density at radius 1 is 1.50 bits per heavy atom. The molecule has 1 rings (SSSR count). The van der Waals surface area contributed by atoms with Gasteiger partial charge in [-0.3, -0.25) is 0 Å². The Bertz CT molecular complexity index is 411. The van der Waals surface area contributed by atoms with E-state index in [-0.39, 0.29) is 5.56 Å². The first-order chi connectivity index (χ1) is 6.54. The molecule has 0 aliphatic rings. The summed E-state index contributed by atoms with van der Waals surface area (Å²) in [6.45, 7) is 0. The average Bonchev–Trinajstić information content (AvgIpc) is 2.15. The van der Waals surface area contributed by atoms with Crippen molar-refractivity contribution in [2.24, 2.45) is 0 Å². The first-order valence-electron chi connectivity index (χ1n) is 3.66. The molecule has 0 radical (unpaired) electrons. The van der Waals surface area contributed by atoms with Crippen LogP contribution in [-0.4, -0.2) is 16.2 Å². The van der Waals surface area contributed by atoms with Gasteiger partial charge in [-0.15, -0.1) is 0 Å². The molecule has 0 heterocycles. The molecule has 1 unspecified atom stereocenters. The predicted molar refractivity (Wildman–Crippen MR) is 51.5 cm³/mol. The van der Waals surface area contributed by atoms with Gasteiger partial charge in [-0.2, -0.15) is 5.26 Å². The van der Waals surface area contributed by atoms with E-state index in [1.54, 1.807) is 0 Å². The second kappa shape index (κ2) is 4.22. The molecule has 0 fully saturated rings. The van der Waals surface area contributed by atoms with Crippen molar-refractivity contribution in [3.05, 3.63) is 33.8 Å². The number of aliphatic hydroxyl groups excluding tert-OH is 1. The Morgan fingerprint density at radius 3 is 2.64 bits per heavy atom. The number of nitrogens with zero attached hydrogens (tertiary/aromatic N) is 1. The molecule has 0 amide bonds. The van der Waals surface area contributed by atoms with Crippen molar-refractivity contribution in [2.75, 3.05) is 0 Å². The standard InChI is InChI=1S/C9H6BrNO3/c10-7-2-5(4-11)1-6(3-7)8(12)9(13)14/h1-3,8,12H,(H,13,14). The maximum atomic E-state index is 10.5. The van der Waals surface area contributed by atoms with E-state index < -0.39 is 12.1 Å². The summed E-state index contributed by atoms with van der Waals surface area (Å²) in [6.07, 6.45) is -1.60. The van der Waals surface area contributed by atoms with Crippen molar-refractivity contribution in [2.45, 2.75) is 6.10 Å². The van der Waals surface area contributed by atoms with Crippen molar-refractivity contribution < 1.29 is 15.0 Å². The van der Waals surface area contributed by atoms with Gasteiger partial charge < -0.3 is 10.2 Å². The van der Waals surface area contributed by atoms with Crippen LogP contribution < -0.4 is 0 Å². The van der Waals surface area contributed by atoms with Crippen LogP contribution in [0.25, 0.3) is 0 Å². The lowest BCUT2D eigenvalue weighted by atomic mass is 10.1. The fraction of sp³-hybridized carbons (Fsp3) is 0.111. The lowest BCUT2D eigenvalue weighted by molar-refractivity contribution is -0.146. The number of benzene rings is 1. The SMILES string of the molecule is N#Cc1cc(Br)cc(C(O)C(=O)O)c1. The van der Waals surface area contributed by atoms with Crippen LogP contribution in [0.2, 0.25) is 0 Å². The van der Waals surface area contributed by atoms with E-state index >= 15 is 0 Å². The largest absolute Gasteiger partial charge is 0.479 e. The summed E-state index contributed by atoms with van der Waals surface area (Å²) in [5, 5.41) is 26.4. The Balaban J connectivity index is 3.17. The number of nitriles is 1. The quantitative estimate of drug-likeness (QED) is 0.838. The van der Waals surface area contributed by atoms with Crippen LogP contribution in [0.4, 0.5) is 0 Å². The summed E-state index contributed by atoms with van der Waals surface area (Å²) in [5.74, 6) is -1.34. The summed E-state index contributed by atoms with van der Waals surface area (Å²) in [6, 6.07) is 6.20. The number of carboxylic acids is 1. The fourth-order valence-corrected chi connectivity index (χ4v) is 1.49. The van der Waals surface area contributed by atoms with Gasteiger partial charge in [0.15, 0.2) is 6.10 Å². The molecular weight excluding hydrogens is 250 g/mol. The Kier molecular flexibility index (Phi) is 3.23. The molecule has 0 saturated carbocycles. The Hall–Kier alpha value is -1.38. The smallest absolute Gasteiger partial charge is 0.337 e. The van der Waals surface area contributed by atoms with E-state index in [1.807, 2.05) is 6.07 Å². The van der Waals surface area contributed by atoms with Crippen LogP contribution in [0.3, 0.4) is 0 Å². The van der Waals surface area contributed by atoms with Crippen LogP contribution >= 0.6 is 15.9 Å². The summed E-state index contributed by atoms with van der Waals surface area (Å²) < 4.78 is 0.562. The number of aliphatic hydroxyl groups is 1. The third kappa shape index (κ3) is 2.31. The van der Waals surface area contributed by atoms with E-state index in [9.17, 15) is 9.90 Å². The minimum atomic E-state index is -1.60. The highest BCUT2D eigenvalue weighted by Crippen LogP contribution is 2.20. The molecule has 1 atom stereocenters. The number of aliphatic carboxylic acids is 1. The Morgan fingerprint density at radius 2 is 2.14 bits per heavy atom. The van der Waals surface area contributed by atoms with Gasteiger partial charge in [0, 0.05) is 4.47 Å². The molecule has 5 heteroatoms. The molecular formula is C9H6BrNO3. The molecule has 1 aromatic rings. The highest BCUT2D eigenvalue weighted by molar-refractivity contribution is 9.10. The average molecular weight is 256 g/mol. The number of carboxylic acid groups (broad SMARTS) is 1. The maximum absolute atomic E-state index is 10.5. The number of rotatable bonds is 2. The maximum Gasteiger partial charge on any atom is 0.337 e. The van der Waals surface area contributed by atoms with Gasteiger partial charge >= 0.3 is 5.97 Å². The molecule has 4 nitrogen and oxygen atoms in total. The summed E-state index contributed by atoms with van der Waals surface area (Å²) in [7, 11) is 0. The summed E-state index contributed by atoms with van der Waals surface area (Å²) >= 11 is 3.12. The van der Waals surface area contributed by atoms with Crippen LogP contribution in [0.15, 0.2) is 22.7 Å². The fourth-order valence-electron chi connectivity index (χ4n) is 0.977. The molecule has 0 aliphatic heterocycles. The van der Waals surface area contributed by atoms with Crippen molar-refractivity contribution in [3.63, 3.8) is 0 Å². The van der Waals surface area contributed by atoms with Crippen LogP contribution in [0.5, 0.6) is 0 Å². The van der Waals surface area contributed by atoms with E-state index in [0.29, 0.717) is 10.0 Å². The minimum Gasteiger partial charge on any atom is -0.479 e. The van der Waals surface area contributed by atoms with Crippen molar-refractivity contribution in [3.8, 4) is 6.07 Å². The molecule has 2 N–H and O–H groups in total. The second-order valence-corrected chi connectivity index (χ2v) is 3.54. The first kappa shape index (κ1) is 10.7. The number of hydrogen-bond acceptors (Lipinski definition) is 3. The van der Waals surface area contributed by atoms with Crippen LogP contribution in [0.1, 0.15) is 17.2 Å². The van der Waals surface area contributed by atoms with Crippen LogP contribution in [0, 0.1) is 11.3 Å². The summed E-state index contributed by atoms with van der Waals surface area (Å²) in [4.78, 5) is 10.5. The van der Waals surface area contributed by atoms with Gasteiger partial charge in [0.1, 0.15) is 0 Å². The monoisotopic (exact) mass is 255 g/mol. The molecule has 0 spiro atoms. The highest BCUT2D eigenvalue weighted by atomic mass is 79.9. The molecule has 0 aromatic heterocycles. The van der Waals surface area contributed by atoms with Gasteiger partial charge in [0.25, 0.3) is 0 Å². The number of carbonyl (C=O) groups is 1. The highest BCUT2D eigenvalue weighted by Gasteiger charge is 2.16.